The number of amides is 1. The zero-order valence-corrected chi connectivity index (χ0v) is 11.1. The van der Waals surface area contributed by atoms with Crippen molar-refractivity contribution in [3.8, 4) is 0 Å². The first-order chi connectivity index (χ1) is 9.45. The molecule has 0 radical (unpaired) electrons. The average molecular weight is 278 g/mol. The molecule has 0 saturated carbocycles. The summed E-state index contributed by atoms with van der Waals surface area (Å²) in [6, 6.07) is 3.91. The molecule has 0 atom stereocenters. The SMILES string of the molecule is COC(=O)c1cc([N+](=O)[O-])ccc1C=CCNC(C)=O. The molecule has 7 nitrogen and oxygen atoms in total. The molecule has 1 aromatic rings. The maximum Gasteiger partial charge on any atom is 0.338 e. The summed E-state index contributed by atoms with van der Waals surface area (Å²) in [6.07, 6.45) is 3.22. The molecule has 1 rings (SSSR count). The van der Waals surface area contributed by atoms with Crippen LogP contribution in [0, 0.1) is 10.1 Å². The molecule has 20 heavy (non-hydrogen) atoms. The van der Waals surface area contributed by atoms with Crippen molar-refractivity contribution >= 4 is 23.6 Å². The Bertz CT molecular complexity index is 566. The van der Waals surface area contributed by atoms with Crippen molar-refractivity contribution in [3.05, 3.63) is 45.5 Å². The molecule has 106 valence electrons. The number of nitrogens with one attached hydrogen (secondary N) is 1. The molecule has 0 aliphatic carbocycles. The summed E-state index contributed by atoms with van der Waals surface area (Å²) in [6.45, 7) is 1.69. The van der Waals surface area contributed by atoms with E-state index in [4.69, 9.17) is 0 Å². The molecule has 0 spiro atoms. The van der Waals surface area contributed by atoms with Gasteiger partial charge >= 0.3 is 5.97 Å². The normalized spacial score (nSPS) is 10.3. The molecule has 1 aromatic carbocycles. The summed E-state index contributed by atoms with van der Waals surface area (Å²) < 4.78 is 4.59. The molecule has 7 heteroatoms. The number of esters is 1. The molecule has 0 heterocycles. The number of nitro groups is 1. The number of ether oxygens (including phenoxy) is 1. The number of nitro benzene ring substituents is 1. The van der Waals surface area contributed by atoms with Gasteiger partial charge in [0.15, 0.2) is 0 Å². The minimum atomic E-state index is -0.659. The molecule has 0 aromatic heterocycles. The van der Waals surface area contributed by atoms with Crippen LogP contribution in [0.25, 0.3) is 6.08 Å². The number of hydrogen-bond acceptors (Lipinski definition) is 5. The first-order valence-electron chi connectivity index (χ1n) is 5.73. The largest absolute Gasteiger partial charge is 0.465 e. The van der Waals surface area contributed by atoms with Crippen molar-refractivity contribution in [2.45, 2.75) is 6.92 Å². The highest BCUT2D eigenvalue weighted by atomic mass is 16.6. The van der Waals surface area contributed by atoms with Crippen LogP contribution < -0.4 is 5.32 Å². The van der Waals surface area contributed by atoms with Gasteiger partial charge in [0.05, 0.1) is 17.6 Å². The Balaban J connectivity index is 3.02. The van der Waals surface area contributed by atoms with E-state index < -0.39 is 10.9 Å². The number of hydrogen-bond donors (Lipinski definition) is 1. The maximum absolute atomic E-state index is 11.6. The molecular formula is C13H14N2O5. The second-order valence-corrected chi connectivity index (χ2v) is 3.86. The minimum Gasteiger partial charge on any atom is -0.465 e. The van der Waals surface area contributed by atoms with E-state index in [1.165, 1.54) is 26.2 Å². The van der Waals surface area contributed by atoms with Gasteiger partial charge < -0.3 is 10.1 Å². The van der Waals surface area contributed by atoms with Gasteiger partial charge in [-0.3, -0.25) is 14.9 Å². The van der Waals surface area contributed by atoms with Gasteiger partial charge in [0.1, 0.15) is 0 Å². The lowest BCUT2D eigenvalue weighted by atomic mass is 10.1. The number of nitrogens with zero attached hydrogens (tertiary/aromatic N) is 1. The van der Waals surface area contributed by atoms with E-state index in [2.05, 4.69) is 10.1 Å². The van der Waals surface area contributed by atoms with Crippen molar-refractivity contribution in [1.29, 1.82) is 0 Å². The first-order valence-corrected chi connectivity index (χ1v) is 5.73. The van der Waals surface area contributed by atoms with Crippen LogP contribution in [-0.2, 0) is 9.53 Å². The lowest BCUT2D eigenvalue weighted by molar-refractivity contribution is -0.384. The van der Waals surface area contributed by atoms with E-state index in [-0.39, 0.29) is 17.2 Å². The maximum atomic E-state index is 11.6. The number of rotatable bonds is 5. The van der Waals surface area contributed by atoms with E-state index in [0.29, 0.717) is 12.1 Å². The van der Waals surface area contributed by atoms with Crippen LogP contribution in [0.4, 0.5) is 5.69 Å². The van der Waals surface area contributed by atoms with Crippen LogP contribution in [0.5, 0.6) is 0 Å². The Morgan fingerprint density at radius 1 is 1.45 bits per heavy atom. The number of methoxy groups -OCH3 is 1. The van der Waals surface area contributed by atoms with Gasteiger partial charge in [0, 0.05) is 25.6 Å². The molecular weight excluding hydrogens is 264 g/mol. The standard InChI is InChI=1S/C13H14N2O5/c1-9(16)14-7-3-4-10-5-6-11(15(18)19)8-12(10)13(17)20-2/h3-6,8H,7H2,1-2H3,(H,14,16). The molecule has 1 amide bonds. The van der Waals surface area contributed by atoms with E-state index in [9.17, 15) is 19.7 Å². The van der Waals surface area contributed by atoms with E-state index >= 15 is 0 Å². The van der Waals surface area contributed by atoms with Gasteiger partial charge in [0.2, 0.25) is 5.91 Å². The molecule has 0 unspecified atom stereocenters. The molecule has 0 aliphatic rings. The smallest absolute Gasteiger partial charge is 0.338 e. The fourth-order valence-corrected chi connectivity index (χ4v) is 1.48. The fraction of sp³-hybridized carbons (Fsp3) is 0.231. The summed E-state index contributed by atoms with van der Waals surface area (Å²) in [4.78, 5) is 32.4. The van der Waals surface area contributed by atoms with Crippen LogP contribution in [0.2, 0.25) is 0 Å². The zero-order chi connectivity index (χ0) is 15.1. The van der Waals surface area contributed by atoms with Crippen molar-refractivity contribution in [1.82, 2.24) is 5.32 Å². The number of benzene rings is 1. The predicted octanol–water partition coefficient (Wildman–Crippen LogP) is 1.53. The van der Waals surface area contributed by atoms with E-state index in [1.807, 2.05) is 0 Å². The summed E-state index contributed by atoms with van der Waals surface area (Å²) in [5.41, 5.74) is 0.387. The Labute approximate surface area is 115 Å². The summed E-state index contributed by atoms with van der Waals surface area (Å²) in [7, 11) is 1.20. The Morgan fingerprint density at radius 3 is 2.70 bits per heavy atom. The topological polar surface area (TPSA) is 98.5 Å². The van der Waals surface area contributed by atoms with Gasteiger partial charge in [-0.25, -0.2) is 4.79 Å². The second kappa shape index (κ2) is 7.03. The van der Waals surface area contributed by atoms with Crippen molar-refractivity contribution < 1.29 is 19.2 Å². The molecule has 0 bridgehead atoms. The highest BCUT2D eigenvalue weighted by Gasteiger charge is 2.15. The molecule has 1 N–H and O–H groups in total. The minimum absolute atomic E-state index is 0.0979. The summed E-state index contributed by atoms with van der Waals surface area (Å²) in [5, 5.41) is 13.3. The van der Waals surface area contributed by atoms with Crippen molar-refractivity contribution in [2.24, 2.45) is 0 Å². The first kappa shape index (κ1) is 15.4. The summed E-state index contributed by atoms with van der Waals surface area (Å²) >= 11 is 0. The van der Waals surface area contributed by atoms with Gasteiger partial charge in [-0.1, -0.05) is 12.2 Å². The van der Waals surface area contributed by atoms with E-state index in [1.54, 1.807) is 12.2 Å². The van der Waals surface area contributed by atoms with Gasteiger partial charge in [-0.05, 0) is 11.6 Å². The van der Waals surface area contributed by atoms with Crippen LogP contribution in [0.1, 0.15) is 22.8 Å². The summed E-state index contributed by atoms with van der Waals surface area (Å²) in [5.74, 6) is -0.834. The van der Waals surface area contributed by atoms with Crippen LogP contribution >= 0.6 is 0 Å². The van der Waals surface area contributed by atoms with Gasteiger partial charge in [-0.15, -0.1) is 0 Å². The number of carbonyl (C=O) groups excluding carboxylic acids is 2. The van der Waals surface area contributed by atoms with Gasteiger partial charge in [-0.2, -0.15) is 0 Å². The Hall–Kier alpha value is -2.70. The zero-order valence-electron chi connectivity index (χ0n) is 11.1. The average Bonchev–Trinajstić information content (AvgIpc) is 2.42. The van der Waals surface area contributed by atoms with Crippen molar-refractivity contribution in [2.75, 3.05) is 13.7 Å². The third kappa shape index (κ3) is 4.20. The predicted molar refractivity (Wildman–Crippen MR) is 72.2 cm³/mol. The molecule has 0 aliphatic heterocycles. The quantitative estimate of drug-likeness (QED) is 0.500. The molecule has 0 saturated heterocycles. The highest BCUT2D eigenvalue weighted by molar-refractivity contribution is 5.94. The lowest BCUT2D eigenvalue weighted by Crippen LogP contribution is -2.19. The molecule has 0 fully saturated rings. The second-order valence-electron chi connectivity index (χ2n) is 3.86. The van der Waals surface area contributed by atoms with Gasteiger partial charge in [0.25, 0.3) is 5.69 Å². The number of non-ortho nitro benzene ring substituents is 1. The third-order valence-corrected chi connectivity index (χ3v) is 2.42. The van der Waals surface area contributed by atoms with Crippen molar-refractivity contribution in [3.63, 3.8) is 0 Å². The fourth-order valence-electron chi connectivity index (χ4n) is 1.48. The lowest BCUT2D eigenvalue weighted by Gasteiger charge is -2.04. The van der Waals surface area contributed by atoms with Crippen LogP contribution in [0.3, 0.4) is 0 Å². The Kier molecular flexibility index (Phi) is 5.40. The Morgan fingerprint density at radius 2 is 2.15 bits per heavy atom. The number of carbonyl (C=O) groups is 2. The monoisotopic (exact) mass is 278 g/mol. The van der Waals surface area contributed by atoms with Crippen LogP contribution in [0.15, 0.2) is 24.3 Å². The van der Waals surface area contributed by atoms with E-state index in [0.717, 1.165) is 6.07 Å². The highest BCUT2D eigenvalue weighted by Crippen LogP contribution is 2.19. The third-order valence-electron chi connectivity index (χ3n) is 2.42. The van der Waals surface area contributed by atoms with Crippen LogP contribution in [-0.4, -0.2) is 30.5 Å².